The van der Waals surface area contributed by atoms with Crippen LogP contribution in [0.15, 0.2) is 18.2 Å². The number of hydrogen-bond donors (Lipinski definition) is 2. The van der Waals surface area contributed by atoms with Gasteiger partial charge < -0.3 is 11.1 Å². The van der Waals surface area contributed by atoms with Crippen molar-refractivity contribution >= 4 is 46.3 Å². The molecule has 1 aromatic rings. The van der Waals surface area contributed by atoms with Crippen LogP contribution < -0.4 is 11.1 Å². The highest BCUT2D eigenvalue weighted by molar-refractivity contribution is 7.80. The summed E-state index contributed by atoms with van der Waals surface area (Å²) in [7, 11) is 0. The molecular formula is C9H8Cl2N2OS. The molecule has 1 amide bonds. The van der Waals surface area contributed by atoms with Crippen LogP contribution in [0.4, 0.5) is 0 Å². The van der Waals surface area contributed by atoms with Gasteiger partial charge in [-0.2, -0.15) is 0 Å². The van der Waals surface area contributed by atoms with Gasteiger partial charge in [-0.15, -0.1) is 0 Å². The van der Waals surface area contributed by atoms with E-state index < -0.39 is 0 Å². The summed E-state index contributed by atoms with van der Waals surface area (Å²) in [5.74, 6) is -0.352. The fourth-order valence-electron chi connectivity index (χ4n) is 0.934. The number of halogens is 2. The Hall–Kier alpha value is -0.840. The summed E-state index contributed by atoms with van der Waals surface area (Å²) < 4.78 is 0. The minimum absolute atomic E-state index is 0.136. The molecule has 0 atom stereocenters. The van der Waals surface area contributed by atoms with Gasteiger partial charge in [-0.1, -0.05) is 35.4 Å². The van der Waals surface area contributed by atoms with E-state index in [9.17, 15) is 4.79 Å². The van der Waals surface area contributed by atoms with Gasteiger partial charge in [0, 0.05) is 5.02 Å². The Morgan fingerprint density at radius 1 is 1.47 bits per heavy atom. The number of nitrogens with one attached hydrogen (secondary N) is 1. The third-order valence-electron chi connectivity index (χ3n) is 1.60. The van der Waals surface area contributed by atoms with Crippen LogP contribution in [0.25, 0.3) is 0 Å². The number of rotatable bonds is 3. The van der Waals surface area contributed by atoms with Gasteiger partial charge in [0.1, 0.15) is 0 Å². The van der Waals surface area contributed by atoms with Crippen molar-refractivity contribution in [2.75, 3.05) is 6.54 Å². The Morgan fingerprint density at radius 2 is 2.13 bits per heavy atom. The molecule has 0 aromatic heterocycles. The van der Waals surface area contributed by atoms with Crippen molar-refractivity contribution in [2.24, 2.45) is 5.73 Å². The van der Waals surface area contributed by atoms with Gasteiger partial charge in [0.15, 0.2) is 0 Å². The number of thiocarbonyl (C=S) groups is 1. The molecule has 0 fully saturated rings. The van der Waals surface area contributed by atoms with E-state index in [1.165, 1.54) is 6.07 Å². The van der Waals surface area contributed by atoms with Crippen LogP contribution in [0.5, 0.6) is 0 Å². The molecule has 1 aromatic carbocycles. The number of nitrogens with two attached hydrogens (primary N) is 1. The van der Waals surface area contributed by atoms with E-state index >= 15 is 0 Å². The lowest BCUT2D eigenvalue weighted by Gasteiger charge is -2.05. The van der Waals surface area contributed by atoms with E-state index in [-0.39, 0.29) is 17.4 Å². The summed E-state index contributed by atoms with van der Waals surface area (Å²) >= 11 is 16.2. The van der Waals surface area contributed by atoms with Gasteiger partial charge in [-0.25, -0.2) is 0 Å². The minimum atomic E-state index is -0.352. The zero-order valence-corrected chi connectivity index (χ0v) is 9.92. The highest BCUT2D eigenvalue weighted by Crippen LogP contribution is 2.20. The molecule has 3 N–H and O–H groups in total. The first kappa shape index (κ1) is 12.2. The Kier molecular flexibility index (Phi) is 4.32. The van der Waals surface area contributed by atoms with E-state index in [0.717, 1.165) is 0 Å². The fourth-order valence-corrected chi connectivity index (χ4v) is 1.38. The highest BCUT2D eigenvalue weighted by atomic mass is 35.5. The first-order valence-electron chi connectivity index (χ1n) is 4.02. The van der Waals surface area contributed by atoms with Gasteiger partial charge in [0.05, 0.1) is 22.1 Å². The molecule has 3 nitrogen and oxygen atoms in total. The summed E-state index contributed by atoms with van der Waals surface area (Å²) in [4.78, 5) is 11.8. The standard InChI is InChI=1S/C9H8Cl2N2OS/c10-5-1-2-7(11)6(3-5)9(14)13-4-8(12)15/h1-3H,4H2,(H2,12,15)(H,13,14). The maximum absolute atomic E-state index is 11.6. The second kappa shape index (κ2) is 5.30. The zero-order chi connectivity index (χ0) is 11.4. The molecule has 15 heavy (non-hydrogen) atoms. The quantitative estimate of drug-likeness (QED) is 0.820. The monoisotopic (exact) mass is 262 g/mol. The van der Waals surface area contributed by atoms with Crippen molar-refractivity contribution < 1.29 is 4.79 Å². The molecule has 1 rings (SSSR count). The van der Waals surface area contributed by atoms with Gasteiger partial charge in [-0.05, 0) is 18.2 Å². The topological polar surface area (TPSA) is 55.1 Å². The normalized spacial score (nSPS) is 9.73. The Morgan fingerprint density at radius 3 is 2.73 bits per heavy atom. The molecule has 0 radical (unpaired) electrons. The smallest absolute Gasteiger partial charge is 0.253 e. The van der Waals surface area contributed by atoms with Crippen LogP contribution in [0, 0.1) is 0 Å². The average molecular weight is 263 g/mol. The fraction of sp³-hybridized carbons (Fsp3) is 0.111. The number of benzene rings is 1. The number of hydrogen-bond acceptors (Lipinski definition) is 2. The SMILES string of the molecule is NC(=S)CNC(=O)c1cc(Cl)ccc1Cl. The molecular weight excluding hydrogens is 255 g/mol. The molecule has 0 saturated carbocycles. The molecule has 0 aliphatic rings. The lowest BCUT2D eigenvalue weighted by atomic mass is 10.2. The summed E-state index contributed by atoms with van der Waals surface area (Å²) in [6, 6.07) is 4.65. The van der Waals surface area contributed by atoms with Crippen LogP contribution in [-0.2, 0) is 0 Å². The van der Waals surface area contributed by atoms with Crippen LogP contribution in [-0.4, -0.2) is 17.4 Å². The van der Waals surface area contributed by atoms with Crippen LogP contribution in [0.3, 0.4) is 0 Å². The maximum Gasteiger partial charge on any atom is 0.253 e. The third kappa shape index (κ3) is 3.66. The summed E-state index contributed by atoms with van der Waals surface area (Å²) in [6.45, 7) is 0.136. The van der Waals surface area contributed by atoms with E-state index in [1.54, 1.807) is 12.1 Å². The summed E-state index contributed by atoms with van der Waals surface area (Å²) in [5.41, 5.74) is 5.55. The number of carbonyl (C=O) groups excluding carboxylic acids is 1. The molecule has 0 unspecified atom stereocenters. The zero-order valence-electron chi connectivity index (χ0n) is 7.59. The van der Waals surface area contributed by atoms with Crippen LogP contribution >= 0.6 is 35.4 Å². The molecule has 80 valence electrons. The molecule has 0 aliphatic heterocycles. The highest BCUT2D eigenvalue weighted by Gasteiger charge is 2.10. The van der Waals surface area contributed by atoms with E-state index in [1.807, 2.05) is 0 Å². The molecule has 0 bridgehead atoms. The predicted molar refractivity (Wildman–Crippen MR) is 65.6 cm³/mol. The molecule has 0 aliphatic carbocycles. The van der Waals surface area contributed by atoms with Crippen molar-refractivity contribution in [3.63, 3.8) is 0 Å². The van der Waals surface area contributed by atoms with Crippen molar-refractivity contribution in [1.29, 1.82) is 0 Å². The Balaban J connectivity index is 2.81. The third-order valence-corrected chi connectivity index (χ3v) is 2.31. The summed E-state index contributed by atoms with van der Waals surface area (Å²) in [5, 5.41) is 3.30. The van der Waals surface area contributed by atoms with E-state index in [4.69, 9.17) is 28.9 Å². The van der Waals surface area contributed by atoms with Crippen molar-refractivity contribution in [1.82, 2.24) is 5.32 Å². The number of amides is 1. The molecule has 0 heterocycles. The maximum atomic E-state index is 11.6. The lowest BCUT2D eigenvalue weighted by Crippen LogP contribution is -2.32. The summed E-state index contributed by atoms with van der Waals surface area (Å²) in [6.07, 6.45) is 0. The van der Waals surface area contributed by atoms with Crippen LogP contribution in [0.2, 0.25) is 10.0 Å². The average Bonchev–Trinajstić information content (AvgIpc) is 2.18. The van der Waals surface area contributed by atoms with Crippen molar-refractivity contribution in [2.45, 2.75) is 0 Å². The largest absolute Gasteiger partial charge is 0.392 e. The first-order chi connectivity index (χ1) is 7.00. The molecule has 0 spiro atoms. The Bertz CT molecular complexity index is 409. The van der Waals surface area contributed by atoms with E-state index in [0.29, 0.717) is 15.6 Å². The second-order valence-electron chi connectivity index (χ2n) is 2.77. The van der Waals surface area contributed by atoms with E-state index in [2.05, 4.69) is 17.5 Å². The van der Waals surface area contributed by atoms with Gasteiger partial charge in [-0.3, -0.25) is 4.79 Å². The minimum Gasteiger partial charge on any atom is -0.392 e. The van der Waals surface area contributed by atoms with Gasteiger partial charge in [0.2, 0.25) is 0 Å². The van der Waals surface area contributed by atoms with Crippen LogP contribution in [0.1, 0.15) is 10.4 Å². The Labute approximate surface area is 103 Å². The number of carbonyl (C=O) groups is 1. The first-order valence-corrected chi connectivity index (χ1v) is 5.18. The predicted octanol–water partition coefficient (Wildman–Crippen LogP) is 2.01. The van der Waals surface area contributed by atoms with Crippen molar-refractivity contribution in [3.05, 3.63) is 33.8 Å². The second-order valence-corrected chi connectivity index (χ2v) is 4.14. The molecule has 6 heteroatoms. The van der Waals surface area contributed by atoms with Crippen molar-refractivity contribution in [3.8, 4) is 0 Å². The van der Waals surface area contributed by atoms with Gasteiger partial charge >= 0.3 is 0 Å². The lowest BCUT2D eigenvalue weighted by molar-refractivity contribution is 0.0959. The molecule has 0 saturated heterocycles. The van der Waals surface area contributed by atoms with Gasteiger partial charge in [0.25, 0.3) is 5.91 Å².